The quantitative estimate of drug-likeness (QED) is 0.777. The van der Waals surface area contributed by atoms with Gasteiger partial charge in [-0.25, -0.2) is 9.59 Å². The number of likely N-dealkylation sites (tertiary alicyclic amines) is 1. The van der Waals surface area contributed by atoms with Crippen LogP contribution in [0.15, 0.2) is 0 Å². The number of esters is 1. The Balaban J connectivity index is 0.00000324. The fraction of sp³-hybridized carbons (Fsp3) is 0.833. The predicted molar refractivity (Wildman–Crippen MR) is 73.2 cm³/mol. The van der Waals surface area contributed by atoms with Gasteiger partial charge in [0.2, 0.25) is 0 Å². The summed E-state index contributed by atoms with van der Waals surface area (Å²) >= 11 is 0. The molecule has 0 aromatic rings. The largest absolute Gasteiger partial charge is 0.464 e. The molecule has 1 rings (SSSR count). The van der Waals surface area contributed by atoms with E-state index in [1.54, 1.807) is 27.7 Å². The number of nitrogens with two attached hydrogens (primary N) is 1. The number of hydrogen-bond acceptors (Lipinski definition) is 5. The van der Waals surface area contributed by atoms with E-state index in [0.717, 1.165) is 0 Å². The Morgan fingerprint density at radius 1 is 1.37 bits per heavy atom. The summed E-state index contributed by atoms with van der Waals surface area (Å²) in [6.45, 7) is 7.66. The van der Waals surface area contributed by atoms with E-state index in [9.17, 15) is 9.59 Å². The third-order valence-electron chi connectivity index (χ3n) is 2.52. The molecule has 1 saturated heterocycles. The minimum atomic E-state index is -0.630. The van der Waals surface area contributed by atoms with E-state index in [4.69, 9.17) is 15.2 Å². The highest BCUT2D eigenvalue weighted by atomic mass is 35.5. The van der Waals surface area contributed by atoms with E-state index < -0.39 is 23.7 Å². The van der Waals surface area contributed by atoms with Crippen molar-refractivity contribution >= 4 is 24.5 Å². The van der Waals surface area contributed by atoms with Gasteiger partial charge in [-0.15, -0.1) is 12.4 Å². The van der Waals surface area contributed by atoms with Crippen LogP contribution < -0.4 is 5.73 Å². The number of rotatable bonds is 2. The Labute approximate surface area is 120 Å². The Kier molecular flexibility index (Phi) is 6.59. The van der Waals surface area contributed by atoms with E-state index in [1.807, 2.05) is 0 Å². The lowest BCUT2D eigenvalue weighted by atomic mass is 10.2. The molecule has 1 amide bonds. The van der Waals surface area contributed by atoms with Crippen LogP contribution in [-0.2, 0) is 14.3 Å². The van der Waals surface area contributed by atoms with Gasteiger partial charge in [0.05, 0.1) is 6.61 Å². The van der Waals surface area contributed by atoms with Crippen molar-refractivity contribution in [2.45, 2.75) is 51.8 Å². The molecule has 0 saturated carbocycles. The van der Waals surface area contributed by atoms with Crippen LogP contribution in [0.25, 0.3) is 0 Å². The first-order valence-electron chi connectivity index (χ1n) is 6.16. The zero-order chi connectivity index (χ0) is 13.9. The van der Waals surface area contributed by atoms with Gasteiger partial charge in [-0.2, -0.15) is 0 Å². The van der Waals surface area contributed by atoms with Crippen LogP contribution >= 0.6 is 12.4 Å². The lowest BCUT2D eigenvalue weighted by Gasteiger charge is -2.27. The minimum Gasteiger partial charge on any atom is -0.464 e. The minimum absolute atomic E-state index is 0. The maximum atomic E-state index is 12.0. The van der Waals surface area contributed by atoms with Crippen LogP contribution in [0.2, 0.25) is 0 Å². The number of halogens is 1. The van der Waals surface area contributed by atoms with Crippen LogP contribution in [0.5, 0.6) is 0 Å². The fourth-order valence-electron chi connectivity index (χ4n) is 1.85. The third kappa shape index (κ3) is 5.24. The van der Waals surface area contributed by atoms with Crippen molar-refractivity contribution in [1.82, 2.24) is 4.90 Å². The molecule has 0 bridgehead atoms. The van der Waals surface area contributed by atoms with Crippen molar-refractivity contribution < 1.29 is 19.1 Å². The number of nitrogens with zero attached hydrogens (tertiary/aromatic N) is 1. The molecule has 2 atom stereocenters. The second-order valence-corrected chi connectivity index (χ2v) is 5.40. The van der Waals surface area contributed by atoms with Gasteiger partial charge in [-0.05, 0) is 34.1 Å². The number of carbonyl (C=O) groups is 2. The second kappa shape index (κ2) is 6.96. The van der Waals surface area contributed by atoms with Crippen LogP contribution in [0.3, 0.4) is 0 Å². The fourth-order valence-corrected chi connectivity index (χ4v) is 1.85. The van der Waals surface area contributed by atoms with Crippen molar-refractivity contribution in [1.29, 1.82) is 0 Å². The molecule has 2 N–H and O–H groups in total. The molecular weight excluding hydrogens is 272 g/mol. The van der Waals surface area contributed by atoms with Crippen LogP contribution in [-0.4, -0.2) is 47.8 Å². The van der Waals surface area contributed by atoms with Crippen molar-refractivity contribution in [3.05, 3.63) is 0 Å². The van der Waals surface area contributed by atoms with Gasteiger partial charge in [-0.1, -0.05) is 0 Å². The summed E-state index contributed by atoms with van der Waals surface area (Å²) in [7, 11) is 0. The summed E-state index contributed by atoms with van der Waals surface area (Å²) < 4.78 is 10.2. The highest BCUT2D eigenvalue weighted by molar-refractivity contribution is 5.85. The van der Waals surface area contributed by atoms with Crippen LogP contribution in [0.4, 0.5) is 4.79 Å². The second-order valence-electron chi connectivity index (χ2n) is 5.40. The molecule has 0 aromatic carbocycles. The first-order chi connectivity index (χ1) is 8.24. The van der Waals surface area contributed by atoms with Gasteiger partial charge in [-0.3, -0.25) is 4.90 Å². The molecule has 112 valence electrons. The average Bonchev–Trinajstić information content (AvgIpc) is 2.58. The van der Waals surface area contributed by atoms with Gasteiger partial charge in [0, 0.05) is 12.6 Å². The van der Waals surface area contributed by atoms with Gasteiger partial charge < -0.3 is 15.2 Å². The van der Waals surface area contributed by atoms with Crippen LogP contribution in [0.1, 0.15) is 34.1 Å². The Bertz CT molecular complexity index is 330. The molecule has 0 unspecified atom stereocenters. The highest BCUT2D eigenvalue weighted by Gasteiger charge is 2.40. The summed E-state index contributed by atoms with van der Waals surface area (Å²) in [4.78, 5) is 25.1. The Hall–Kier alpha value is -1.01. The molecule has 1 heterocycles. The Morgan fingerprint density at radius 3 is 2.42 bits per heavy atom. The van der Waals surface area contributed by atoms with E-state index >= 15 is 0 Å². The zero-order valence-corrected chi connectivity index (χ0v) is 12.7. The summed E-state index contributed by atoms with van der Waals surface area (Å²) in [5.74, 6) is -0.420. The number of ether oxygens (including phenoxy) is 2. The van der Waals surface area contributed by atoms with Crippen molar-refractivity contribution in [2.24, 2.45) is 5.73 Å². The third-order valence-corrected chi connectivity index (χ3v) is 2.52. The van der Waals surface area contributed by atoms with Gasteiger partial charge in [0.15, 0.2) is 0 Å². The van der Waals surface area contributed by atoms with E-state index in [-0.39, 0.29) is 25.1 Å². The lowest BCUT2D eigenvalue weighted by molar-refractivity contribution is -0.148. The van der Waals surface area contributed by atoms with Crippen molar-refractivity contribution in [3.8, 4) is 0 Å². The van der Waals surface area contributed by atoms with Gasteiger partial charge in [0.25, 0.3) is 0 Å². The topological polar surface area (TPSA) is 81.9 Å². The maximum absolute atomic E-state index is 12.0. The zero-order valence-electron chi connectivity index (χ0n) is 11.8. The Morgan fingerprint density at radius 2 is 1.95 bits per heavy atom. The monoisotopic (exact) mass is 294 g/mol. The van der Waals surface area contributed by atoms with Crippen molar-refractivity contribution in [2.75, 3.05) is 13.2 Å². The van der Waals surface area contributed by atoms with E-state index in [2.05, 4.69) is 0 Å². The van der Waals surface area contributed by atoms with Crippen molar-refractivity contribution in [3.63, 3.8) is 0 Å². The summed E-state index contributed by atoms with van der Waals surface area (Å²) in [6.07, 6.45) is -0.105. The smallest absolute Gasteiger partial charge is 0.411 e. The van der Waals surface area contributed by atoms with Crippen LogP contribution in [0, 0.1) is 0 Å². The van der Waals surface area contributed by atoms with Gasteiger partial charge >= 0.3 is 12.1 Å². The predicted octanol–water partition coefficient (Wildman–Crippen LogP) is 1.31. The summed E-state index contributed by atoms with van der Waals surface area (Å²) in [6, 6.07) is -0.846. The van der Waals surface area contributed by atoms with Gasteiger partial charge in [0.1, 0.15) is 11.6 Å². The first kappa shape index (κ1) is 18.0. The molecule has 6 nitrogen and oxygen atoms in total. The summed E-state index contributed by atoms with van der Waals surface area (Å²) in [5.41, 5.74) is 5.20. The maximum Gasteiger partial charge on any atom is 0.411 e. The molecule has 1 aliphatic heterocycles. The average molecular weight is 295 g/mol. The molecule has 7 heteroatoms. The standard InChI is InChI=1S/C12H22N2O4.ClH/c1-5-17-10(15)9-6-8(13)7-14(9)11(16)18-12(2,3)4;/h8-9H,5-7,13H2,1-4H3;1H/t8-,9+;/m1./s1. The molecule has 0 aliphatic carbocycles. The summed E-state index contributed by atoms with van der Waals surface area (Å²) in [5, 5.41) is 0. The number of carbonyl (C=O) groups excluding carboxylic acids is 2. The molecule has 1 aliphatic rings. The molecule has 1 fully saturated rings. The molecule has 19 heavy (non-hydrogen) atoms. The van der Waals surface area contributed by atoms with E-state index in [1.165, 1.54) is 4.90 Å². The molecular formula is C12H23ClN2O4. The number of amides is 1. The lowest BCUT2D eigenvalue weighted by Crippen LogP contribution is -2.44. The molecule has 0 aromatic heterocycles. The first-order valence-corrected chi connectivity index (χ1v) is 6.16. The highest BCUT2D eigenvalue weighted by Crippen LogP contribution is 2.21. The normalized spacial score (nSPS) is 22.7. The van der Waals surface area contributed by atoms with E-state index in [0.29, 0.717) is 13.0 Å². The molecule has 0 radical (unpaired) electrons. The number of hydrogen-bond donors (Lipinski definition) is 1. The SMILES string of the molecule is CCOC(=O)[C@@H]1C[C@@H](N)CN1C(=O)OC(C)(C)C.Cl. The molecule has 0 spiro atoms.